The predicted molar refractivity (Wildman–Crippen MR) is 74.5 cm³/mol. The fraction of sp³-hybridized carbons (Fsp3) is 0.462. The monoisotopic (exact) mass is 322 g/mol. The Kier molecular flexibility index (Phi) is 4.17. The van der Waals surface area contributed by atoms with Crippen molar-refractivity contribution in [2.45, 2.75) is 18.4 Å². The summed E-state index contributed by atoms with van der Waals surface area (Å²) in [5.41, 5.74) is -0.297. The Balaban J connectivity index is 2.11. The second-order valence-corrected chi connectivity index (χ2v) is 5.76. The maximum Gasteiger partial charge on any atom is 0.254 e. The maximum absolute atomic E-state index is 12.2. The number of amides is 1. The maximum atomic E-state index is 12.2. The van der Waals surface area contributed by atoms with Gasteiger partial charge in [-0.05, 0) is 41.9 Å². The Morgan fingerprint density at radius 1 is 1.53 bits per heavy atom. The van der Waals surface area contributed by atoms with Gasteiger partial charge < -0.3 is 10.2 Å². The summed E-state index contributed by atoms with van der Waals surface area (Å²) in [6.45, 7) is 1.62. The van der Waals surface area contributed by atoms with Crippen molar-refractivity contribution in [3.8, 4) is 6.07 Å². The van der Waals surface area contributed by atoms with Crippen molar-refractivity contribution in [3.63, 3.8) is 0 Å². The normalized spacial score (nSPS) is 18.6. The van der Waals surface area contributed by atoms with Crippen LogP contribution >= 0.6 is 15.9 Å². The summed E-state index contributed by atoms with van der Waals surface area (Å²) in [6.07, 6.45) is 4.41. The molecule has 1 saturated heterocycles. The van der Waals surface area contributed by atoms with Crippen LogP contribution in [0.3, 0.4) is 0 Å². The topological polar surface area (TPSA) is 69.0 Å². The number of nitriles is 1. The number of pyridine rings is 1. The zero-order chi connectivity index (χ0) is 13.9. The highest BCUT2D eigenvalue weighted by molar-refractivity contribution is 9.10. The minimum atomic E-state index is -0.758. The lowest BCUT2D eigenvalue weighted by Crippen LogP contribution is -2.53. The molecule has 6 heteroatoms. The number of rotatable bonds is 2. The first-order valence-corrected chi connectivity index (χ1v) is 6.87. The molecule has 5 nitrogen and oxygen atoms in total. The smallest absolute Gasteiger partial charge is 0.254 e. The van der Waals surface area contributed by atoms with Crippen LogP contribution in [0.2, 0.25) is 0 Å². The van der Waals surface area contributed by atoms with Gasteiger partial charge in [-0.2, -0.15) is 5.26 Å². The van der Waals surface area contributed by atoms with Gasteiger partial charge in [0.2, 0.25) is 0 Å². The van der Waals surface area contributed by atoms with Crippen molar-refractivity contribution < 1.29 is 4.79 Å². The van der Waals surface area contributed by atoms with Crippen LogP contribution in [0.5, 0.6) is 0 Å². The predicted octanol–water partition coefficient (Wildman–Crippen LogP) is 1.56. The quantitative estimate of drug-likeness (QED) is 0.897. The van der Waals surface area contributed by atoms with Gasteiger partial charge >= 0.3 is 0 Å². The van der Waals surface area contributed by atoms with E-state index in [0.717, 1.165) is 17.6 Å². The molecule has 100 valence electrons. The lowest BCUT2D eigenvalue weighted by molar-refractivity contribution is 0.0881. The van der Waals surface area contributed by atoms with Crippen LogP contribution in [0.1, 0.15) is 23.2 Å². The highest BCUT2D eigenvalue weighted by Gasteiger charge is 2.35. The fourth-order valence-electron chi connectivity index (χ4n) is 2.09. The first kappa shape index (κ1) is 14.0. The van der Waals surface area contributed by atoms with E-state index < -0.39 is 5.54 Å². The number of likely N-dealkylation sites (tertiary alicyclic amines) is 1. The Hall–Kier alpha value is -1.45. The van der Waals surface area contributed by atoms with Gasteiger partial charge in [0.25, 0.3) is 5.91 Å². The van der Waals surface area contributed by atoms with Crippen molar-refractivity contribution in [2.75, 3.05) is 20.1 Å². The highest BCUT2D eigenvalue weighted by Crippen LogP contribution is 2.21. The summed E-state index contributed by atoms with van der Waals surface area (Å²) < 4.78 is 0.745. The zero-order valence-electron chi connectivity index (χ0n) is 10.7. The van der Waals surface area contributed by atoms with Crippen LogP contribution in [0.15, 0.2) is 22.9 Å². The molecule has 0 radical (unpaired) electrons. The number of hydrogen-bond donors (Lipinski definition) is 1. The van der Waals surface area contributed by atoms with Gasteiger partial charge in [-0.3, -0.25) is 9.78 Å². The Bertz CT molecular complexity index is 518. The van der Waals surface area contributed by atoms with Crippen molar-refractivity contribution in [3.05, 3.63) is 28.5 Å². The van der Waals surface area contributed by atoms with Gasteiger partial charge in [-0.25, -0.2) is 0 Å². The lowest BCUT2D eigenvalue weighted by Gasteiger charge is -2.35. The number of carbonyl (C=O) groups is 1. The van der Waals surface area contributed by atoms with E-state index in [1.165, 1.54) is 6.20 Å². The van der Waals surface area contributed by atoms with Crippen molar-refractivity contribution in [2.24, 2.45) is 0 Å². The summed E-state index contributed by atoms with van der Waals surface area (Å²) in [7, 11) is 2.02. The van der Waals surface area contributed by atoms with Crippen LogP contribution in [-0.4, -0.2) is 41.5 Å². The Morgan fingerprint density at radius 3 is 2.79 bits per heavy atom. The minimum absolute atomic E-state index is 0.250. The van der Waals surface area contributed by atoms with Crippen LogP contribution in [0.4, 0.5) is 0 Å². The van der Waals surface area contributed by atoms with Crippen LogP contribution in [0, 0.1) is 11.3 Å². The molecule has 1 aromatic heterocycles. The van der Waals surface area contributed by atoms with Crippen LogP contribution in [-0.2, 0) is 0 Å². The average Bonchev–Trinajstić information content (AvgIpc) is 2.42. The van der Waals surface area contributed by atoms with E-state index >= 15 is 0 Å². The van der Waals surface area contributed by atoms with E-state index in [1.54, 1.807) is 12.3 Å². The minimum Gasteiger partial charge on any atom is -0.334 e. The molecule has 0 spiro atoms. The third kappa shape index (κ3) is 3.31. The van der Waals surface area contributed by atoms with E-state index in [1.807, 2.05) is 7.05 Å². The Labute approximate surface area is 120 Å². The molecule has 2 rings (SSSR count). The van der Waals surface area contributed by atoms with E-state index in [4.69, 9.17) is 0 Å². The fourth-order valence-corrected chi connectivity index (χ4v) is 2.46. The molecule has 0 aliphatic carbocycles. The van der Waals surface area contributed by atoms with E-state index in [2.05, 4.69) is 37.2 Å². The molecule has 1 fully saturated rings. The number of piperidine rings is 1. The molecular weight excluding hydrogens is 308 g/mol. The molecule has 0 aromatic carbocycles. The molecule has 1 aromatic rings. The molecule has 2 heterocycles. The average molecular weight is 323 g/mol. The SMILES string of the molecule is CN1CCC(C#N)(NC(=O)c2cncc(Br)c2)CC1. The van der Waals surface area contributed by atoms with E-state index in [-0.39, 0.29) is 5.91 Å². The summed E-state index contributed by atoms with van der Waals surface area (Å²) in [5, 5.41) is 12.2. The standard InChI is InChI=1S/C13H15BrN4O/c1-18-4-2-13(9-15,3-5-18)17-12(19)10-6-11(14)8-16-7-10/h6-8H,2-5H2,1H3,(H,17,19). The lowest BCUT2D eigenvalue weighted by atomic mass is 9.89. The number of carbonyl (C=O) groups excluding carboxylic acids is 1. The van der Waals surface area contributed by atoms with Gasteiger partial charge in [0, 0.05) is 30.0 Å². The van der Waals surface area contributed by atoms with Crippen molar-refractivity contribution >= 4 is 21.8 Å². The molecule has 1 N–H and O–H groups in total. The number of nitrogens with zero attached hydrogens (tertiary/aromatic N) is 3. The number of hydrogen-bond acceptors (Lipinski definition) is 4. The summed E-state index contributed by atoms with van der Waals surface area (Å²) >= 11 is 3.28. The second-order valence-electron chi connectivity index (χ2n) is 4.84. The summed E-state index contributed by atoms with van der Waals surface area (Å²) in [5.74, 6) is -0.250. The van der Waals surface area contributed by atoms with Crippen molar-refractivity contribution in [1.82, 2.24) is 15.2 Å². The molecule has 1 amide bonds. The molecule has 19 heavy (non-hydrogen) atoms. The zero-order valence-corrected chi connectivity index (χ0v) is 12.3. The summed E-state index contributed by atoms with van der Waals surface area (Å²) in [4.78, 5) is 18.3. The third-order valence-electron chi connectivity index (χ3n) is 3.37. The van der Waals surface area contributed by atoms with Gasteiger partial charge in [-0.1, -0.05) is 0 Å². The largest absolute Gasteiger partial charge is 0.334 e. The molecule has 0 bridgehead atoms. The molecule has 1 aliphatic rings. The van der Waals surface area contributed by atoms with E-state index in [9.17, 15) is 10.1 Å². The first-order valence-electron chi connectivity index (χ1n) is 6.07. The molecule has 0 atom stereocenters. The number of nitrogens with one attached hydrogen (secondary N) is 1. The highest BCUT2D eigenvalue weighted by atomic mass is 79.9. The second kappa shape index (κ2) is 5.68. The van der Waals surface area contributed by atoms with Gasteiger partial charge in [0.05, 0.1) is 11.6 Å². The first-order chi connectivity index (χ1) is 9.04. The summed E-state index contributed by atoms with van der Waals surface area (Å²) in [6, 6.07) is 3.96. The number of halogens is 1. The molecule has 0 saturated carbocycles. The van der Waals surface area contributed by atoms with Gasteiger partial charge in [0.1, 0.15) is 5.54 Å². The molecular formula is C13H15BrN4O. The Morgan fingerprint density at radius 2 is 2.21 bits per heavy atom. The van der Waals surface area contributed by atoms with Gasteiger partial charge in [-0.15, -0.1) is 0 Å². The van der Waals surface area contributed by atoms with E-state index in [0.29, 0.717) is 18.4 Å². The van der Waals surface area contributed by atoms with Crippen LogP contribution < -0.4 is 5.32 Å². The molecule has 1 aliphatic heterocycles. The molecule has 0 unspecified atom stereocenters. The van der Waals surface area contributed by atoms with Gasteiger partial charge in [0.15, 0.2) is 0 Å². The third-order valence-corrected chi connectivity index (χ3v) is 3.81. The number of aromatic nitrogens is 1. The van der Waals surface area contributed by atoms with Crippen molar-refractivity contribution in [1.29, 1.82) is 5.26 Å². The van der Waals surface area contributed by atoms with Crippen LogP contribution in [0.25, 0.3) is 0 Å².